The number of piperidine rings is 1. The van der Waals surface area contributed by atoms with Crippen LogP contribution in [0.2, 0.25) is 0 Å². The van der Waals surface area contributed by atoms with Gasteiger partial charge in [0.05, 0.1) is 6.10 Å². The van der Waals surface area contributed by atoms with E-state index in [2.05, 4.69) is 24.4 Å². The van der Waals surface area contributed by atoms with Gasteiger partial charge in [0.2, 0.25) is 0 Å². The summed E-state index contributed by atoms with van der Waals surface area (Å²) in [4.78, 5) is 0. The van der Waals surface area contributed by atoms with Crippen molar-refractivity contribution in [2.45, 2.75) is 25.5 Å². The molecule has 0 aliphatic carbocycles. The lowest BCUT2D eigenvalue weighted by atomic mass is 9.89. The number of benzene rings is 1. The molecule has 3 atom stereocenters. The summed E-state index contributed by atoms with van der Waals surface area (Å²) in [5.74, 6) is 0.370. The molecule has 1 aromatic carbocycles. The summed E-state index contributed by atoms with van der Waals surface area (Å²) in [5.41, 5.74) is 1.28. The van der Waals surface area contributed by atoms with Crippen molar-refractivity contribution < 1.29 is 5.11 Å². The Balaban J connectivity index is 2.07. The van der Waals surface area contributed by atoms with Gasteiger partial charge in [-0.25, -0.2) is 0 Å². The molecule has 14 heavy (non-hydrogen) atoms. The van der Waals surface area contributed by atoms with Crippen molar-refractivity contribution in [3.63, 3.8) is 0 Å². The fourth-order valence-corrected chi connectivity index (χ4v) is 1.96. The van der Waals surface area contributed by atoms with Crippen molar-refractivity contribution in [3.05, 3.63) is 35.9 Å². The summed E-state index contributed by atoms with van der Waals surface area (Å²) in [7, 11) is 0. The van der Waals surface area contributed by atoms with Crippen LogP contribution in [0.1, 0.15) is 24.9 Å². The molecule has 1 aliphatic rings. The molecule has 2 heteroatoms. The zero-order chi connectivity index (χ0) is 9.97. The lowest BCUT2D eigenvalue weighted by Gasteiger charge is -2.32. The van der Waals surface area contributed by atoms with Gasteiger partial charge in [0.25, 0.3) is 0 Å². The Bertz CT molecular complexity index is 286. The second kappa shape index (κ2) is 4.11. The molecule has 2 N–H and O–H groups in total. The standard InChI is InChI=1S/C12H17NO/c1-9-8-13-11(7-12(9)14)10-5-3-2-4-6-10/h2-6,9,11-14H,7-8H2,1H3/t9?,11-,12?/m1/s1. The fourth-order valence-electron chi connectivity index (χ4n) is 1.96. The number of rotatable bonds is 1. The van der Waals surface area contributed by atoms with Gasteiger partial charge in [-0.05, 0) is 17.9 Å². The molecule has 1 saturated heterocycles. The van der Waals surface area contributed by atoms with Crippen LogP contribution in [0.15, 0.2) is 30.3 Å². The van der Waals surface area contributed by atoms with Gasteiger partial charge in [-0.3, -0.25) is 0 Å². The van der Waals surface area contributed by atoms with E-state index in [1.807, 2.05) is 18.2 Å². The van der Waals surface area contributed by atoms with Crippen LogP contribution in [-0.4, -0.2) is 17.8 Å². The third kappa shape index (κ3) is 1.97. The van der Waals surface area contributed by atoms with Crippen LogP contribution in [0.3, 0.4) is 0 Å². The second-order valence-corrected chi connectivity index (χ2v) is 4.15. The first-order valence-electron chi connectivity index (χ1n) is 5.24. The third-order valence-corrected chi connectivity index (χ3v) is 3.02. The van der Waals surface area contributed by atoms with E-state index in [9.17, 15) is 5.11 Å². The van der Waals surface area contributed by atoms with Gasteiger partial charge in [-0.15, -0.1) is 0 Å². The predicted molar refractivity (Wildman–Crippen MR) is 57.0 cm³/mol. The van der Waals surface area contributed by atoms with Crippen molar-refractivity contribution in [2.75, 3.05) is 6.54 Å². The van der Waals surface area contributed by atoms with E-state index in [4.69, 9.17) is 0 Å². The molecule has 0 saturated carbocycles. The highest BCUT2D eigenvalue weighted by molar-refractivity contribution is 5.19. The number of hydrogen-bond acceptors (Lipinski definition) is 2. The van der Waals surface area contributed by atoms with Gasteiger partial charge in [0.15, 0.2) is 0 Å². The maximum Gasteiger partial charge on any atom is 0.0596 e. The van der Waals surface area contributed by atoms with E-state index in [0.29, 0.717) is 12.0 Å². The Morgan fingerprint density at radius 3 is 2.64 bits per heavy atom. The molecule has 1 fully saturated rings. The largest absolute Gasteiger partial charge is 0.393 e. The molecule has 0 radical (unpaired) electrons. The van der Waals surface area contributed by atoms with Crippen molar-refractivity contribution >= 4 is 0 Å². The third-order valence-electron chi connectivity index (χ3n) is 3.02. The van der Waals surface area contributed by atoms with Gasteiger partial charge in [0.1, 0.15) is 0 Å². The van der Waals surface area contributed by atoms with E-state index in [-0.39, 0.29) is 6.10 Å². The fraction of sp³-hybridized carbons (Fsp3) is 0.500. The molecule has 76 valence electrons. The van der Waals surface area contributed by atoms with Crippen molar-refractivity contribution in [1.29, 1.82) is 0 Å². The zero-order valence-corrected chi connectivity index (χ0v) is 8.48. The highest BCUT2D eigenvalue weighted by atomic mass is 16.3. The van der Waals surface area contributed by atoms with E-state index in [1.165, 1.54) is 5.56 Å². The van der Waals surface area contributed by atoms with Gasteiger partial charge in [-0.2, -0.15) is 0 Å². The second-order valence-electron chi connectivity index (χ2n) is 4.15. The van der Waals surface area contributed by atoms with Gasteiger partial charge in [0, 0.05) is 12.6 Å². The molecule has 2 unspecified atom stereocenters. The summed E-state index contributed by atoms with van der Waals surface area (Å²) in [6, 6.07) is 10.7. The quantitative estimate of drug-likeness (QED) is 0.708. The van der Waals surface area contributed by atoms with Crippen LogP contribution >= 0.6 is 0 Å². The Morgan fingerprint density at radius 1 is 1.29 bits per heavy atom. The number of nitrogens with one attached hydrogen (secondary N) is 1. The van der Waals surface area contributed by atoms with E-state index in [1.54, 1.807) is 0 Å². The maximum atomic E-state index is 9.77. The molecular formula is C12H17NO. The summed E-state index contributed by atoms with van der Waals surface area (Å²) in [5, 5.41) is 13.2. The summed E-state index contributed by atoms with van der Waals surface area (Å²) >= 11 is 0. The highest BCUT2D eigenvalue weighted by Gasteiger charge is 2.25. The normalized spacial score (nSPS) is 32.9. The first-order chi connectivity index (χ1) is 6.77. The molecular weight excluding hydrogens is 174 g/mol. The van der Waals surface area contributed by atoms with E-state index >= 15 is 0 Å². The Labute approximate surface area is 85.0 Å². The maximum absolute atomic E-state index is 9.77. The van der Waals surface area contributed by atoms with Crippen LogP contribution in [0.5, 0.6) is 0 Å². The predicted octanol–water partition coefficient (Wildman–Crippen LogP) is 1.72. The summed E-state index contributed by atoms with van der Waals surface area (Å²) in [6.07, 6.45) is 0.659. The Hall–Kier alpha value is -0.860. The number of aliphatic hydroxyl groups excluding tert-OH is 1. The lowest BCUT2D eigenvalue weighted by molar-refractivity contribution is 0.0689. The number of aliphatic hydroxyl groups is 1. The van der Waals surface area contributed by atoms with Crippen molar-refractivity contribution in [2.24, 2.45) is 5.92 Å². The molecule has 1 aliphatic heterocycles. The molecule has 1 heterocycles. The van der Waals surface area contributed by atoms with Gasteiger partial charge < -0.3 is 10.4 Å². The average Bonchev–Trinajstić information content (AvgIpc) is 2.23. The molecule has 0 spiro atoms. The molecule has 2 rings (SSSR count). The van der Waals surface area contributed by atoms with Crippen LogP contribution in [-0.2, 0) is 0 Å². The van der Waals surface area contributed by atoms with Crippen LogP contribution in [0.4, 0.5) is 0 Å². The lowest BCUT2D eigenvalue weighted by Crippen LogP contribution is -2.40. The SMILES string of the molecule is CC1CN[C@@H](c2ccccc2)CC1O. The van der Waals surface area contributed by atoms with Crippen LogP contribution in [0, 0.1) is 5.92 Å². The van der Waals surface area contributed by atoms with Crippen molar-refractivity contribution in [1.82, 2.24) is 5.32 Å². The molecule has 0 bridgehead atoms. The van der Waals surface area contributed by atoms with Crippen LogP contribution < -0.4 is 5.32 Å². The van der Waals surface area contributed by atoms with E-state index in [0.717, 1.165) is 13.0 Å². The number of hydrogen-bond donors (Lipinski definition) is 2. The molecule has 0 amide bonds. The van der Waals surface area contributed by atoms with Crippen molar-refractivity contribution in [3.8, 4) is 0 Å². The minimum atomic E-state index is -0.165. The average molecular weight is 191 g/mol. The first-order valence-corrected chi connectivity index (χ1v) is 5.24. The van der Waals surface area contributed by atoms with Crippen LogP contribution in [0.25, 0.3) is 0 Å². The highest BCUT2D eigenvalue weighted by Crippen LogP contribution is 2.25. The summed E-state index contributed by atoms with van der Waals surface area (Å²) < 4.78 is 0. The van der Waals surface area contributed by atoms with Gasteiger partial charge in [-0.1, -0.05) is 37.3 Å². The molecule has 0 aromatic heterocycles. The minimum absolute atomic E-state index is 0.165. The molecule has 2 nitrogen and oxygen atoms in total. The summed E-state index contributed by atoms with van der Waals surface area (Å²) in [6.45, 7) is 2.99. The zero-order valence-electron chi connectivity index (χ0n) is 8.48. The molecule has 1 aromatic rings. The smallest absolute Gasteiger partial charge is 0.0596 e. The van der Waals surface area contributed by atoms with Gasteiger partial charge >= 0.3 is 0 Å². The topological polar surface area (TPSA) is 32.3 Å². The first kappa shape index (κ1) is 9.69. The Kier molecular flexibility index (Phi) is 2.85. The van der Waals surface area contributed by atoms with E-state index < -0.39 is 0 Å². The monoisotopic (exact) mass is 191 g/mol. The Morgan fingerprint density at radius 2 is 2.00 bits per heavy atom. The minimum Gasteiger partial charge on any atom is -0.393 e.